The van der Waals surface area contributed by atoms with Crippen molar-refractivity contribution in [3.8, 4) is 5.75 Å². The molecule has 0 saturated heterocycles. The van der Waals surface area contributed by atoms with Crippen LogP contribution in [0.3, 0.4) is 0 Å². The van der Waals surface area contributed by atoms with Gasteiger partial charge in [0.1, 0.15) is 5.75 Å². The number of hydrogen-bond acceptors (Lipinski definition) is 5. The van der Waals surface area contributed by atoms with Crippen molar-refractivity contribution >= 4 is 29.3 Å². The predicted octanol–water partition coefficient (Wildman–Crippen LogP) is 4.26. The lowest BCUT2D eigenvalue weighted by atomic mass is 10.2. The third-order valence-corrected chi connectivity index (χ3v) is 4.01. The van der Waals surface area contributed by atoms with Gasteiger partial charge in [-0.1, -0.05) is 23.9 Å². The number of carbonyl (C=O) groups is 2. The first kappa shape index (κ1) is 20.7. The van der Waals surface area contributed by atoms with E-state index < -0.39 is 24.2 Å². The van der Waals surface area contributed by atoms with Crippen molar-refractivity contribution in [3.63, 3.8) is 0 Å². The van der Waals surface area contributed by atoms with Crippen LogP contribution in [0.2, 0.25) is 0 Å². The van der Waals surface area contributed by atoms with Crippen LogP contribution in [0.1, 0.15) is 12.0 Å². The van der Waals surface area contributed by atoms with E-state index in [0.717, 1.165) is 5.56 Å². The second kappa shape index (κ2) is 10.5. The van der Waals surface area contributed by atoms with Gasteiger partial charge in [0.15, 0.2) is 6.61 Å². The van der Waals surface area contributed by atoms with E-state index in [0.29, 0.717) is 28.1 Å². The molecule has 0 fully saturated rings. The number of aryl methyl sites for hydroxylation is 1. The molecule has 0 bridgehead atoms. The van der Waals surface area contributed by atoms with Gasteiger partial charge in [0.2, 0.25) is 0 Å². The van der Waals surface area contributed by atoms with Crippen LogP contribution in [0.5, 0.6) is 5.75 Å². The second-order valence-corrected chi connectivity index (χ2v) is 6.59. The number of ether oxygens (including phenoxy) is 2. The summed E-state index contributed by atoms with van der Waals surface area (Å²) in [5.41, 5.74) is 1.48. The van der Waals surface area contributed by atoms with E-state index in [2.05, 4.69) is 5.32 Å². The molecule has 1 N–H and O–H groups in total. The van der Waals surface area contributed by atoms with Crippen LogP contribution in [0.15, 0.2) is 53.4 Å². The Morgan fingerprint density at radius 3 is 2.56 bits per heavy atom. The van der Waals surface area contributed by atoms with Crippen molar-refractivity contribution in [1.29, 1.82) is 0 Å². The summed E-state index contributed by atoms with van der Waals surface area (Å²) in [6.07, 6.45) is 0.0147. The summed E-state index contributed by atoms with van der Waals surface area (Å²) in [4.78, 5) is 23.8. The van der Waals surface area contributed by atoms with Crippen LogP contribution >= 0.6 is 11.8 Å². The van der Waals surface area contributed by atoms with Crippen LogP contribution < -0.4 is 10.1 Å². The normalized spacial score (nSPS) is 10.5. The molecule has 0 aliphatic heterocycles. The van der Waals surface area contributed by atoms with E-state index >= 15 is 0 Å². The van der Waals surface area contributed by atoms with E-state index in [1.807, 2.05) is 25.1 Å². The molecular formula is C19H19F2NO4S. The highest BCUT2D eigenvalue weighted by molar-refractivity contribution is 7.99. The Hall–Kier alpha value is -2.61. The SMILES string of the molecule is Cc1cccc(OCCC(=O)OCC(=O)Nc2ccc(SC(F)F)cc2)c1. The monoisotopic (exact) mass is 395 g/mol. The summed E-state index contributed by atoms with van der Waals surface area (Å²) in [6.45, 7) is 1.65. The summed E-state index contributed by atoms with van der Waals surface area (Å²) in [5.74, 6) is -2.91. The Kier molecular flexibility index (Phi) is 8.06. The molecule has 8 heteroatoms. The van der Waals surface area contributed by atoms with Crippen LogP contribution in [0, 0.1) is 6.92 Å². The van der Waals surface area contributed by atoms with E-state index in [-0.39, 0.29) is 13.0 Å². The fourth-order valence-electron chi connectivity index (χ4n) is 2.09. The number of anilines is 1. The number of alkyl halides is 2. The van der Waals surface area contributed by atoms with E-state index in [4.69, 9.17) is 9.47 Å². The number of rotatable bonds is 9. The van der Waals surface area contributed by atoms with Crippen LogP contribution in [-0.2, 0) is 14.3 Å². The van der Waals surface area contributed by atoms with Gasteiger partial charge in [0.05, 0.1) is 13.0 Å². The van der Waals surface area contributed by atoms with Crippen LogP contribution in [-0.4, -0.2) is 30.8 Å². The molecular weight excluding hydrogens is 376 g/mol. The lowest BCUT2D eigenvalue weighted by Gasteiger charge is -2.08. The average Bonchev–Trinajstić information content (AvgIpc) is 2.61. The highest BCUT2D eigenvalue weighted by Crippen LogP contribution is 2.26. The van der Waals surface area contributed by atoms with Gasteiger partial charge >= 0.3 is 5.97 Å². The summed E-state index contributed by atoms with van der Waals surface area (Å²) in [7, 11) is 0. The molecule has 2 aromatic carbocycles. The first-order valence-corrected chi connectivity index (χ1v) is 9.00. The minimum absolute atomic E-state index is 0.0147. The van der Waals surface area contributed by atoms with Crippen molar-refractivity contribution in [2.24, 2.45) is 0 Å². The minimum atomic E-state index is -2.50. The van der Waals surface area contributed by atoms with E-state index in [1.165, 1.54) is 24.3 Å². The highest BCUT2D eigenvalue weighted by Gasteiger charge is 2.09. The molecule has 144 valence electrons. The Bertz CT molecular complexity index is 769. The van der Waals surface area contributed by atoms with Crippen LogP contribution in [0.25, 0.3) is 0 Å². The number of esters is 1. The van der Waals surface area contributed by atoms with Crippen molar-refractivity contribution < 1.29 is 27.8 Å². The number of benzene rings is 2. The first-order chi connectivity index (χ1) is 12.9. The van der Waals surface area contributed by atoms with Crippen molar-refractivity contribution in [2.45, 2.75) is 24.0 Å². The molecule has 27 heavy (non-hydrogen) atoms. The van der Waals surface area contributed by atoms with Gasteiger partial charge in [-0.25, -0.2) is 0 Å². The third kappa shape index (κ3) is 8.08. The number of carbonyl (C=O) groups excluding carboxylic acids is 2. The number of nitrogens with one attached hydrogen (secondary N) is 1. The van der Waals surface area contributed by atoms with Gasteiger partial charge in [0.25, 0.3) is 11.7 Å². The van der Waals surface area contributed by atoms with E-state index in [9.17, 15) is 18.4 Å². The molecule has 0 aliphatic rings. The largest absolute Gasteiger partial charge is 0.493 e. The zero-order valence-corrected chi connectivity index (χ0v) is 15.4. The maximum Gasteiger partial charge on any atom is 0.309 e. The van der Waals surface area contributed by atoms with Gasteiger partial charge in [-0.15, -0.1) is 0 Å². The van der Waals surface area contributed by atoms with Gasteiger partial charge < -0.3 is 14.8 Å². The number of amides is 1. The third-order valence-electron chi connectivity index (χ3n) is 3.29. The molecule has 2 rings (SSSR count). The second-order valence-electron chi connectivity index (χ2n) is 5.53. The van der Waals surface area contributed by atoms with Gasteiger partial charge in [0, 0.05) is 10.6 Å². The molecule has 1 amide bonds. The summed E-state index contributed by atoms with van der Waals surface area (Å²) < 4.78 is 34.8. The standard InChI is InChI=1S/C19H19F2NO4S/c1-13-3-2-4-15(11-13)25-10-9-18(24)26-12-17(23)22-14-5-7-16(8-6-14)27-19(20)21/h2-8,11,19H,9-10,12H2,1H3,(H,22,23). The summed E-state index contributed by atoms with van der Waals surface area (Å²) >= 11 is 0.420. The molecule has 2 aromatic rings. The Morgan fingerprint density at radius 2 is 1.89 bits per heavy atom. The van der Waals surface area contributed by atoms with E-state index in [1.54, 1.807) is 6.07 Å². The van der Waals surface area contributed by atoms with Crippen LogP contribution in [0.4, 0.5) is 14.5 Å². The van der Waals surface area contributed by atoms with Gasteiger partial charge in [-0.05, 0) is 48.9 Å². The smallest absolute Gasteiger partial charge is 0.309 e. The highest BCUT2D eigenvalue weighted by atomic mass is 32.2. The average molecular weight is 395 g/mol. The van der Waals surface area contributed by atoms with Crippen molar-refractivity contribution in [3.05, 3.63) is 54.1 Å². The molecule has 5 nitrogen and oxygen atoms in total. The van der Waals surface area contributed by atoms with Gasteiger partial charge in [-0.2, -0.15) is 8.78 Å². The maximum absolute atomic E-state index is 12.2. The Labute approximate surface area is 160 Å². The lowest BCUT2D eigenvalue weighted by Crippen LogP contribution is -2.21. The molecule has 0 heterocycles. The molecule has 0 atom stereocenters. The first-order valence-electron chi connectivity index (χ1n) is 8.12. The zero-order chi connectivity index (χ0) is 19.6. The fourth-order valence-corrected chi connectivity index (χ4v) is 2.59. The molecule has 0 radical (unpaired) electrons. The number of hydrogen-bond donors (Lipinski definition) is 1. The summed E-state index contributed by atoms with van der Waals surface area (Å²) in [6, 6.07) is 13.4. The fraction of sp³-hybridized carbons (Fsp3) is 0.263. The Balaban J connectivity index is 1.66. The molecule has 0 aliphatic carbocycles. The maximum atomic E-state index is 12.2. The molecule has 0 aromatic heterocycles. The molecule has 0 saturated carbocycles. The Morgan fingerprint density at radius 1 is 1.15 bits per heavy atom. The predicted molar refractivity (Wildman–Crippen MR) is 99.2 cm³/mol. The van der Waals surface area contributed by atoms with Gasteiger partial charge in [-0.3, -0.25) is 9.59 Å². The zero-order valence-electron chi connectivity index (χ0n) is 14.6. The molecule has 0 spiro atoms. The number of halogens is 2. The van der Waals surface area contributed by atoms with Crippen molar-refractivity contribution in [2.75, 3.05) is 18.5 Å². The minimum Gasteiger partial charge on any atom is -0.493 e. The quantitative estimate of drug-likeness (QED) is 0.508. The summed E-state index contributed by atoms with van der Waals surface area (Å²) in [5, 5.41) is 2.52. The topological polar surface area (TPSA) is 64.6 Å². The molecule has 0 unspecified atom stereocenters. The lowest BCUT2D eigenvalue weighted by molar-refractivity contribution is -0.147. The number of thioether (sulfide) groups is 1. The van der Waals surface area contributed by atoms with Crippen molar-refractivity contribution in [1.82, 2.24) is 0 Å².